The van der Waals surface area contributed by atoms with Gasteiger partial charge in [0.2, 0.25) is 5.89 Å². The lowest BCUT2D eigenvalue weighted by molar-refractivity contribution is 0.297. The van der Waals surface area contributed by atoms with Crippen LogP contribution in [-0.4, -0.2) is 16.2 Å². The van der Waals surface area contributed by atoms with Gasteiger partial charge in [-0.05, 0) is 30.9 Å². The van der Waals surface area contributed by atoms with Crippen LogP contribution in [0.2, 0.25) is 5.02 Å². The largest absolute Gasteiger partial charge is 0.339 e. The van der Waals surface area contributed by atoms with E-state index >= 15 is 0 Å². The Hall–Kier alpha value is -1.10. The Morgan fingerprint density at radius 2 is 2.10 bits per heavy atom. The van der Waals surface area contributed by atoms with E-state index in [0.717, 1.165) is 42.2 Å². The Labute approximate surface area is 135 Å². The van der Waals surface area contributed by atoms with E-state index in [1.54, 1.807) is 0 Å². The maximum atomic E-state index is 6.15. The Bertz CT molecular complexity index is 588. The van der Waals surface area contributed by atoms with Crippen LogP contribution in [0.4, 0.5) is 0 Å². The minimum Gasteiger partial charge on any atom is -0.339 e. The number of rotatable bonds is 3. The van der Waals surface area contributed by atoms with Crippen LogP contribution in [0.25, 0.3) is 0 Å². The summed E-state index contributed by atoms with van der Waals surface area (Å²) in [4.78, 5) is 4.51. The number of aromatic nitrogens is 2. The van der Waals surface area contributed by atoms with Gasteiger partial charge in [0.25, 0.3) is 0 Å². The molecule has 1 aromatic carbocycles. The number of nitrogens with zero attached hydrogens (tertiary/aromatic N) is 2. The normalized spacial score (nSPS) is 21.8. The Balaban J connectivity index is 0.00000161. The van der Waals surface area contributed by atoms with Crippen molar-refractivity contribution in [2.45, 2.75) is 44.1 Å². The lowest BCUT2D eigenvalue weighted by Crippen LogP contribution is -2.26. The average molecular weight is 328 g/mol. The summed E-state index contributed by atoms with van der Waals surface area (Å²) in [5, 5.41) is 4.80. The molecular formula is C15H19Cl2N3O. The van der Waals surface area contributed by atoms with E-state index in [1.165, 1.54) is 0 Å². The highest BCUT2D eigenvalue weighted by Gasteiger charge is 2.25. The van der Waals surface area contributed by atoms with Crippen molar-refractivity contribution in [2.75, 3.05) is 0 Å². The minimum atomic E-state index is 0. The van der Waals surface area contributed by atoms with Gasteiger partial charge in [-0.3, -0.25) is 0 Å². The van der Waals surface area contributed by atoms with Crippen LogP contribution in [0, 0.1) is 0 Å². The van der Waals surface area contributed by atoms with E-state index in [0.29, 0.717) is 18.2 Å². The first-order chi connectivity index (χ1) is 9.72. The van der Waals surface area contributed by atoms with Gasteiger partial charge >= 0.3 is 0 Å². The summed E-state index contributed by atoms with van der Waals surface area (Å²) >= 11 is 6.15. The predicted octanol–water partition coefficient (Wildman–Crippen LogP) is 3.72. The number of halogens is 2. The van der Waals surface area contributed by atoms with E-state index in [4.69, 9.17) is 21.9 Å². The lowest BCUT2D eigenvalue weighted by Gasteiger charge is -2.23. The van der Waals surface area contributed by atoms with Gasteiger partial charge in [0.15, 0.2) is 5.82 Å². The third kappa shape index (κ3) is 3.96. The number of hydrogen-bond acceptors (Lipinski definition) is 4. The van der Waals surface area contributed by atoms with Crippen molar-refractivity contribution in [1.82, 2.24) is 10.1 Å². The van der Waals surface area contributed by atoms with E-state index in [-0.39, 0.29) is 18.4 Å². The molecule has 3 rings (SSSR count). The molecule has 21 heavy (non-hydrogen) atoms. The predicted molar refractivity (Wildman–Crippen MR) is 85.0 cm³/mol. The van der Waals surface area contributed by atoms with Crippen LogP contribution in [0.15, 0.2) is 28.8 Å². The van der Waals surface area contributed by atoms with Gasteiger partial charge in [-0.1, -0.05) is 41.4 Å². The summed E-state index contributed by atoms with van der Waals surface area (Å²) in [6, 6.07) is 7.99. The van der Waals surface area contributed by atoms with Gasteiger partial charge in [-0.25, -0.2) is 0 Å². The second-order valence-electron chi connectivity index (χ2n) is 5.44. The van der Waals surface area contributed by atoms with Crippen molar-refractivity contribution in [3.8, 4) is 0 Å². The molecule has 0 aliphatic heterocycles. The zero-order valence-electron chi connectivity index (χ0n) is 11.7. The molecule has 1 saturated carbocycles. The standard InChI is InChI=1S/C15H18ClN3O.ClH/c16-13-7-2-1-4-10(13)9-14-18-15(20-19-14)11-5-3-6-12(17)8-11;/h1-2,4,7,11-12H,3,5-6,8-9,17H2;1H. The van der Waals surface area contributed by atoms with Crippen molar-refractivity contribution in [1.29, 1.82) is 0 Å². The zero-order chi connectivity index (χ0) is 13.9. The fourth-order valence-corrected chi connectivity index (χ4v) is 2.97. The van der Waals surface area contributed by atoms with Gasteiger partial charge in [0, 0.05) is 23.4 Å². The number of nitrogens with two attached hydrogens (primary N) is 1. The molecule has 2 atom stereocenters. The highest BCUT2D eigenvalue weighted by Crippen LogP contribution is 2.31. The minimum absolute atomic E-state index is 0. The molecule has 0 amide bonds. The molecule has 0 saturated heterocycles. The van der Waals surface area contributed by atoms with Crippen LogP contribution < -0.4 is 5.73 Å². The Morgan fingerprint density at radius 3 is 2.86 bits per heavy atom. The molecule has 0 radical (unpaired) electrons. The maximum absolute atomic E-state index is 6.15. The topological polar surface area (TPSA) is 64.9 Å². The highest BCUT2D eigenvalue weighted by atomic mass is 35.5. The quantitative estimate of drug-likeness (QED) is 0.932. The van der Waals surface area contributed by atoms with Crippen LogP contribution >= 0.6 is 24.0 Å². The molecule has 2 aromatic rings. The third-order valence-electron chi connectivity index (χ3n) is 3.85. The third-order valence-corrected chi connectivity index (χ3v) is 4.22. The summed E-state index contributed by atoms with van der Waals surface area (Å²) in [7, 11) is 0. The molecule has 2 N–H and O–H groups in total. The van der Waals surface area contributed by atoms with Crippen molar-refractivity contribution in [3.63, 3.8) is 0 Å². The van der Waals surface area contributed by atoms with Crippen molar-refractivity contribution in [3.05, 3.63) is 46.6 Å². The van der Waals surface area contributed by atoms with Gasteiger partial charge < -0.3 is 10.3 Å². The van der Waals surface area contributed by atoms with E-state index in [2.05, 4.69) is 10.1 Å². The molecule has 0 bridgehead atoms. The van der Waals surface area contributed by atoms with Crippen LogP contribution in [0.5, 0.6) is 0 Å². The smallest absolute Gasteiger partial charge is 0.229 e. The molecule has 1 fully saturated rings. The summed E-state index contributed by atoms with van der Waals surface area (Å²) in [6.07, 6.45) is 4.85. The molecule has 1 aliphatic carbocycles. The molecular weight excluding hydrogens is 309 g/mol. The Morgan fingerprint density at radius 1 is 1.29 bits per heavy atom. The van der Waals surface area contributed by atoms with Crippen LogP contribution in [0.1, 0.15) is 48.9 Å². The molecule has 2 unspecified atom stereocenters. The molecule has 114 valence electrons. The van der Waals surface area contributed by atoms with Crippen molar-refractivity contribution in [2.24, 2.45) is 5.73 Å². The first kappa shape index (κ1) is 16.3. The van der Waals surface area contributed by atoms with E-state index in [1.807, 2.05) is 24.3 Å². The fraction of sp³-hybridized carbons (Fsp3) is 0.467. The van der Waals surface area contributed by atoms with E-state index in [9.17, 15) is 0 Å². The first-order valence-corrected chi connectivity index (χ1v) is 7.41. The Kier molecular flexibility index (Phi) is 5.62. The van der Waals surface area contributed by atoms with Gasteiger partial charge in [0.05, 0.1) is 0 Å². The summed E-state index contributed by atoms with van der Waals surface area (Å²) in [5.41, 5.74) is 7.02. The maximum Gasteiger partial charge on any atom is 0.229 e. The molecule has 1 aliphatic rings. The zero-order valence-corrected chi connectivity index (χ0v) is 13.2. The monoisotopic (exact) mass is 327 g/mol. The van der Waals surface area contributed by atoms with Crippen LogP contribution in [-0.2, 0) is 6.42 Å². The fourth-order valence-electron chi connectivity index (χ4n) is 2.77. The second kappa shape index (κ2) is 7.25. The summed E-state index contributed by atoms with van der Waals surface area (Å²) in [6.45, 7) is 0. The van der Waals surface area contributed by atoms with Gasteiger partial charge in [-0.15, -0.1) is 12.4 Å². The second-order valence-corrected chi connectivity index (χ2v) is 5.85. The van der Waals surface area contributed by atoms with Crippen LogP contribution in [0.3, 0.4) is 0 Å². The van der Waals surface area contributed by atoms with Gasteiger partial charge in [-0.2, -0.15) is 4.98 Å². The number of benzene rings is 1. The summed E-state index contributed by atoms with van der Waals surface area (Å²) < 4.78 is 5.40. The van der Waals surface area contributed by atoms with Gasteiger partial charge in [0.1, 0.15) is 0 Å². The molecule has 1 aromatic heterocycles. The average Bonchev–Trinajstić information content (AvgIpc) is 2.90. The SMILES string of the molecule is Cl.NC1CCCC(c2nc(Cc3ccccc3Cl)no2)C1. The molecule has 4 nitrogen and oxygen atoms in total. The first-order valence-electron chi connectivity index (χ1n) is 7.04. The van der Waals surface area contributed by atoms with Crippen molar-refractivity contribution < 1.29 is 4.52 Å². The molecule has 6 heteroatoms. The highest BCUT2D eigenvalue weighted by molar-refractivity contribution is 6.31. The lowest BCUT2D eigenvalue weighted by atomic mass is 9.86. The number of hydrogen-bond donors (Lipinski definition) is 1. The van der Waals surface area contributed by atoms with E-state index < -0.39 is 0 Å². The molecule has 0 spiro atoms. The van der Waals surface area contributed by atoms with Crippen molar-refractivity contribution >= 4 is 24.0 Å². The molecule has 1 heterocycles. The summed E-state index contributed by atoms with van der Waals surface area (Å²) in [5.74, 6) is 1.72.